The molecule has 0 unspecified atom stereocenters. The number of carbonyl (C=O) groups excluding carboxylic acids is 1. The first-order chi connectivity index (χ1) is 19.5. The van der Waals surface area contributed by atoms with Gasteiger partial charge in [-0.2, -0.15) is 5.26 Å². The average Bonchev–Trinajstić information content (AvgIpc) is 3.32. The summed E-state index contributed by atoms with van der Waals surface area (Å²) in [5.74, 6) is -6.60. The van der Waals surface area contributed by atoms with E-state index in [9.17, 15) is 33.4 Å². The molecular weight excluding hydrogens is 556 g/mol. The summed E-state index contributed by atoms with van der Waals surface area (Å²) in [5.41, 5.74) is 5.95. The Bertz CT molecular complexity index is 1710. The maximum absolute atomic E-state index is 14.6. The zero-order valence-electron chi connectivity index (χ0n) is 20.9. The Morgan fingerprint density at radius 3 is 2.24 bits per heavy atom. The number of aromatic nitrogens is 1. The first kappa shape index (κ1) is 28.6. The van der Waals surface area contributed by atoms with Crippen molar-refractivity contribution >= 4 is 41.3 Å². The molecule has 0 fully saturated rings. The predicted molar refractivity (Wildman–Crippen MR) is 145 cm³/mol. The van der Waals surface area contributed by atoms with Crippen LogP contribution in [0.1, 0.15) is 63.3 Å². The van der Waals surface area contributed by atoms with E-state index in [1.54, 1.807) is 30.3 Å². The Kier molecular flexibility index (Phi) is 8.50. The summed E-state index contributed by atoms with van der Waals surface area (Å²) in [4.78, 5) is 39.5. The number of rotatable bonds is 10. The summed E-state index contributed by atoms with van der Waals surface area (Å²) in [7, 11) is 0. The summed E-state index contributed by atoms with van der Waals surface area (Å²) in [6.45, 7) is -0.239. The zero-order valence-corrected chi connectivity index (χ0v) is 21.7. The molecule has 4 N–H and O–H groups in total. The number of nitrogens with zero attached hydrogens (tertiary/aromatic N) is 2. The van der Waals surface area contributed by atoms with Gasteiger partial charge in [-0.25, -0.2) is 23.4 Å². The van der Waals surface area contributed by atoms with Crippen molar-refractivity contribution in [2.75, 3.05) is 0 Å². The first-order valence-corrected chi connectivity index (χ1v) is 12.6. The molecule has 0 atom stereocenters. The fourth-order valence-electron chi connectivity index (χ4n) is 3.80. The van der Waals surface area contributed by atoms with Crippen LogP contribution in [0.2, 0.25) is 0 Å². The second-order valence-electron chi connectivity index (χ2n) is 8.58. The molecule has 4 aromatic rings. The first-order valence-electron chi connectivity index (χ1n) is 11.7. The van der Waals surface area contributed by atoms with Gasteiger partial charge in [0.05, 0.1) is 33.3 Å². The van der Waals surface area contributed by atoms with Crippen molar-refractivity contribution in [3.05, 3.63) is 115 Å². The van der Waals surface area contributed by atoms with Crippen LogP contribution >= 0.6 is 11.3 Å². The smallest absolute Gasteiger partial charge is 0.335 e. The maximum atomic E-state index is 14.6. The molecule has 206 valence electrons. The molecule has 0 spiro atoms. The summed E-state index contributed by atoms with van der Waals surface area (Å²) in [6.07, 6.45) is 3.50. The quantitative estimate of drug-likeness (QED) is 0.234. The van der Waals surface area contributed by atoms with Gasteiger partial charge in [0.15, 0.2) is 11.6 Å². The lowest BCUT2D eigenvalue weighted by Gasteiger charge is -2.08. The minimum absolute atomic E-state index is 0.197. The van der Waals surface area contributed by atoms with Crippen molar-refractivity contribution < 1.29 is 38.1 Å². The van der Waals surface area contributed by atoms with E-state index in [1.165, 1.54) is 29.5 Å². The molecule has 0 bridgehead atoms. The molecule has 0 aliphatic carbocycles. The Balaban J connectivity index is 1.67. The molecular formula is C29H19F2N3O6S. The normalized spacial score (nSPS) is 10.9. The molecule has 3 aromatic carbocycles. The molecule has 1 heterocycles. The average molecular weight is 576 g/mol. The molecule has 0 saturated heterocycles. The van der Waals surface area contributed by atoms with E-state index in [4.69, 9.17) is 15.7 Å². The largest absolute Gasteiger partial charge is 0.483 e. The van der Waals surface area contributed by atoms with Crippen molar-refractivity contribution in [3.63, 3.8) is 0 Å². The van der Waals surface area contributed by atoms with Crippen LogP contribution in [-0.4, -0.2) is 33.0 Å². The van der Waals surface area contributed by atoms with Crippen LogP contribution in [0.15, 0.2) is 54.6 Å². The fraction of sp³-hybridized carbons (Fsp3) is 0.0690. The van der Waals surface area contributed by atoms with Crippen molar-refractivity contribution in [3.8, 4) is 11.8 Å². The number of thiazole rings is 1. The second kappa shape index (κ2) is 12.2. The number of halogens is 2. The summed E-state index contributed by atoms with van der Waals surface area (Å²) >= 11 is 1.17. The van der Waals surface area contributed by atoms with E-state index < -0.39 is 40.8 Å². The molecule has 1 aromatic heterocycles. The maximum Gasteiger partial charge on any atom is 0.335 e. The Morgan fingerprint density at radius 2 is 1.66 bits per heavy atom. The number of carboxylic acid groups (broad SMARTS) is 2. The Hall–Kier alpha value is -5.41. The monoisotopic (exact) mass is 575 g/mol. The van der Waals surface area contributed by atoms with Gasteiger partial charge in [-0.1, -0.05) is 18.2 Å². The number of carboxylic acids is 2. The number of benzene rings is 3. The van der Waals surface area contributed by atoms with Crippen LogP contribution in [0.3, 0.4) is 0 Å². The van der Waals surface area contributed by atoms with E-state index in [0.29, 0.717) is 33.1 Å². The predicted octanol–water partition coefficient (Wildman–Crippen LogP) is 5.13. The van der Waals surface area contributed by atoms with Crippen LogP contribution in [0.4, 0.5) is 8.78 Å². The molecule has 0 radical (unpaired) electrons. The second-order valence-corrected chi connectivity index (χ2v) is 9.69. The number of primary amides is 1. The van der Waals surface area contributed by atoms with Gasteiger partial charge >= 0.3 is 11.9 Å². The lowest BCUT2D eigenvalue weighted by molar-refractivity contribution is 0.0696. The van der Waals surface area contributed by atoms with Gasteiger partial charge < -0.3 is 20.7 Å². The number of hydrogen-bond acceptors (Lipinski definition) is 7. The Labute approximate surface area is 235 Å². The molecule has 1 amide bonds. The van der Waals surface area contributed by atoms with E-state index in [0.717, 1.165) is 23.8 Å². The molecule has 12 heteroatoms. The number of hydrogen-bond donors (Lipinski definition) is 3. The highest BCUT2D eigenvalue weighted by molar-refractivity contribution is 7.12. The number of carbonyl (C=O) groups is 3. The molecule has 0 aliphatic heterocycles. The molecule has 4 rings (SSSR count). The lowest BCUT2D eigenvalue weighted by atomic mass is 10.0. The highest BCUT2D eigenvalue weighted by Crippen LogP contribution is 2.28. The lowest BCUT2D eigenvalue weighted by Crippen LogP contribution is -2.16. The van der Waals surface area contributed by atoms with Crippen molar-refractivity contribution in [1.29, 1.82) is 5.26 Å². The number of nitrogens with two attached hydrogens (primary N) is 1. The van der Waals surface area contributed by atoms with E-state index in [2.05, 4.69) is 4.98 Å². The highest BCUT2D eigenvalue weighted by Gasteiger charge is 2.20. The van der Waals surface area contributed by atoms with Gasteiger partial charge in [0.25, 0.3) is 5.91 Å². The number of nitriles is 1. The van der Waals surface area contributed by atoms with Gasteiger partial charge in [0.2, 0.25) is 0 Å². The third-order valence-corrected chi connectivity index (χ3v) is 6.79. The number of amides is 1. The van der Waals surface area contributed by atoms with Crippen LogP contribution in [0.5, 0.6) is 5.75 Å². The molecule has 9 nitrogen and oxygen atoms in total. The van der Waals surface area contributed by atoms with E-state index >= 15 is 0 Å². The SMILES string of the molecule is N#Cc1ccc(Cc2nc(COc3ccc(F)c(C(N)=O)c3F)sc2C=Cc2cc(C(=O)O)cc(C(=O)O)c2)cc1. The standard InChI is InChI=1S/C29H19F2N3O6S/c30-20-6-7-22(26(31)25(20)27(33)35)40-14-24-34-21(11-15-1-3-16(13-32)4-2-15)23(41-24)8-5-17-9-18(28(36)37)12-19(10-17)29(38)39/h1-10,12H,11,14H2,(H2,33,35)(H,36,37)(H,38,39). The van der Waals surface area contributed by atoms with Gasteiger partial charge in [-0.05, 0) is 59.7 Å². The van der Waals surface area contributed by atoms with Crippen LogP contribution < -0.4 is 10.5 Å². The van der Waals surface area contributed by atoms with Crippen LogP contribution in [0, 0.1) is 23.0 Å². The van der Waals surface area contributed by atoms with Crippen LogP contribution in [-0.2, 0) is 13.0 Å². The molecule has 41 heavy (non-hydrogen) atoms. The van der Waals surface area contributed by atoms with Gasteiger partial charge in [-0.15, -0.1) is 11.3 Å². The minimum atomic E-state index is -1.28. The van der Waals surface area contributed by atoms with Crippen molar-refractivity contribution in [2.45, 2.75) is 13.0 Å². The zero-order chi connectivity index (χ0) is 29.7. The summed E-state index contributed by atoms with van der Waals surface area (Å²) < 4.78 is 33.9. The highest BCUT2D eigenvalue weighted by atomic mass is 32.1. The minimum Gasteiger partial charge on any atom is -0.483 e. The van der Waals surface area contributed by atoms with Gasteiger partial charge in [0.1, 0.15) is 23.0 Å². The number of ether oxygens (including phenoxy) is 1. The van der Waals surface area contributed by atoms with Crippen molar-refractivity contribution in [2.24, 2.45) is 5.73 Å². The third kappa shape index (κ3) is 6.78. The molecule has 0 aliphatic rings. The summed E-state index contributed by atoms with van der Waals surface area (Å²) in [5, 5.41) is 28.2. The topological polar surface area (TPSA) is 164 Å². The van der Waals surface area contributed by atoms with Gasteiger partial charge in [-0.3, -0.25) is 4.79 Å². The van der Waals surface area contributed by atoms with E-state index in [1.807, 2.05) is 6.07 Å². The number of aromatic carboxylic acids is 2. The summed E-state index contributed by atoms with van der Waals surface area (Å²) in [6, 6.07) is 14.5. The Morgan fingerprint density at radius 1 is 1.00 bits per heavy atom. The molecule has 0 saturated carbocycles. The third-order valence-electron chi connectivity index (χ3n) is 5.76. The van der Waals surface area contributed by atoms with E-state index in [-0.39, 0.29) is 17.7 Å². The fourth-order valence-corrected chi connectivity index (χ4v) is 4.70. The van der Waals surface area contributed by atoms with Gasteiger partial charge in [0, 0.05) is 6.42 Å². The van der Waals surface area contributed by atoms with Crippen molar-refractivity contribution in [1.82, 2.24) is 4.98 Å². The van der Waals surface area contributed by atoms with Crippen LogP contribution in [0.25, 0.3) is 12.2 Å².